The molecule has 2 aromatic carbocycles. The Morgan fingerprint density at radius 1 is 1.12 bits per heavy atom. The molecule has 2 amide bonds. The first-order chi connectivity index (χ1) is 12.2. The number of hydrogen-bond acceptors (Lipinski definition) is 2. The summed E-state index contributed by atoms with van der Waals surface area (Å²) < 4.78 is 38.8. The van der Waals surface area contributed by atoms with Gasteiger partial charge < -0.3 is 10.6 Å². The highest BCUT2D eigenvalue weighted by Crippen LogP contribution is 2.34. The van der Waals surface area contributed by atoms with Crippen molar-refractivity contribution >= 4 is 23.2 Å². The molecule has 0 unspecified atom stereocenters. The number of nitrogens with one attached hydrogen (secondary N) is 2. The van der Waals surface area contributed by atoms with Crippen LogP contribution in [0.1, 0.15) is 16.7 Å². The zero-order chi connectivity index (χ0) is 19.3. The number of halogens is 3. The van der Waals surface area contributed by atoms with Gasteiger partial charge in [0.1, 0.15) is 0 Å². The van der Waals surface area contributed by atoms with Crippen LogP contribution in [0.5, 0.6) is 0 Å². The minimum atomic E-state index is -4.48. The van der Waals surface area contributed by atoms with E-state index in [1.54, 1.807) is 24.3 Å². The Labute approximate surface area is 148 Å². The predicted octanol–water partition coefficient (Wildman–Crippen LogP) is 4.32. The zero-order valence-corrected chi connectivity index (χ0v) is 14.0. The fourth-order valence-corrected chi connectivity index (χ4v) is 2.41. The van der Waals surface area contributed by atoms with Crippen LogP contribution >= 0.6 is 0 Å². The van der Waals surface area contributed by atoms with Crippen LogP contribution in [0.4, 0.5) is 24.5 Å². The lowest BCUT2D eigenvalue weighted by atomic mass is 10.1. The third-order valence-electron chi connectivity index (χ3n) is 3.66. The van der Waals surface area contributed by atoms with Crippen molar-refractivity contribution in [2.24, 2.45) is 0 Å². The molecule has 0 bridgehead atoms. The van der Waals surface area contributed by atoms with Gasteiger partial charge in [-0.2, -0.15) is 13.2 Å². The lowest BCUT2D eigenvalue weighted by Gasteiger charge is -2.14. The van der Waals surface area contributed by atoms with E-state index in [1.807, 2.05) is 0 Å². The van der Waals surface area contributed by atoms with E-state index in [-0.39, 0.29) is 23.6 Å². The van der Waals surface area contributed by atoms with Crippen LogP contribution in [0.3, 0.4) is 0 Å². The maximum atomic E-state index is 12.9. The normalized spacial score (nSPS) is 10.9. The molecule has 0 aromatic heterocycles. The number of alkyl halides is 3. The monoisotopic (exact) mass is 362 g/mol. The van der Waals surface area contributed by atoms with Crippen molar-refractivity contribution in [1.82, 2.24) is 0 Å². The maximum absolute atomic E-state index is 12.9. The van der Waals surface area contributed by atoms with Gasteiger partial charge in [0.25, 0.3) is 0 Å². The summed E-state index contributed by atoms with van der Waals surface area (Å²) in [4.78, 5) is 23.5. The average Bonchev–Trinajstić information content (AvgIpc) is 2.55. The molecule has 0 fully saturated rings. The third-order valence-corrected chi connectivity index (χ3v) is 3.66. The maximum Gasteiger partial charge on any atom is 0.416 e. The Kier molecular flexibility index (Phi) is 5.82. The van der Waals surface area contributed by atoms with E-state index in [9.17, 15) is 22.8 Å². The van der Waals surface area contributed by atoms with Gasteiger partial charge in [0, 0.05) is 11.4 Å². The minimum Gasteiger partial charge on any atom is -0.326 e. The molecule has 0 saturated carbocycles. The molecule has 7 heteroatoms. The molecule has 4 nitrogen and oxygen atoms in total. The quantitative estimate of drug-likeness (QED) is 0.779. The Morgan fingerprint density at radius 2 is 1.81 bits per heavy atom. The van der Waals surface area contributed by atoms with Gasteiger partial charge in [-0.3, -0.25) is 9.59 Å². The number of hydrogen-bond donors (Lipinski definition) is 2. The molecule has 0 heterocycles. The first kappa shape index (κ1) is 19.2. The van der Waals surface area contributed by atoms with Crippen molar-refractivity contribution in [3.63, 3.8) is 0 Å². The Morgan fingerprint density at radius 3 is 2.46 bits per heavy atom. The average molecular weight is 362 g/mol. The second-order valence-electron chi connectivity index (χ2n) is 5.59. The predicted molar refractivity (Wildman–Crippen MR) is 93.8 cm³/mol. The van der Waals surface area contributed by atoms with Crippen LogP contribution < -0.4 is 10.6 Å². The summed E-state index contributed by atoms with van der Waals surface area (Å²) in [6.07, 6.45) is -3.41. The Bertz CT molecular complexity index is 845. The number of carbonyl (C=O) groups is 2. The highest BCUT2D eigenvalue weighted by Gasteiger charge is 2.33. The number of amides is 2. The molecule has 136 valence electrons. The van der Waals surface area contributed by atoms with E-state index in [0.717, 1.165) is 12.1 Å². The van der Waals surface area contributed by atoms with E-state index in [1.165, 1.54) is 19.1 Å². The van der Waals surface area contributed by atoms with E-state index in [2.05, 4.69) is 17.2 Å². The summed E-state index contributed by atoms with van der Waals surface area (Å²) in [6, 6.07) is 10.2. The molecule has 0 aliphatic rings. The topological polar surface area (TPSA) is 58.2 Å². The second-order valence-corrected chi connectivity index (χ2v) is 5.59. The number of carbonyl (C=O) groups excluding carboxylic acids is 2. The fraction of sp³-hybridized carbons (Fsp3) is 0.158. The van der Waals surface area contributed by atoms with Crippen molar-refractivity contribution in [2.75, 3.05) is 10.6 Å². The highest BCUT2D eigenvalue weighted by molar-refractivity contribution is 5.99. The van der Waals surface area contributed by atoms with Crippen LogP contribution in [-0.2, 0) is 22.2 Å². The van der Waals surface area contributed by atoms with Crippen molar-refractivity contribution in [1.29, 1.82) is 0 Å². The highest BCUT2D eigenvalue weighted by atomic mass is 19.4. The molecule has 2 N–H and O–H groups in total. The van der Waals surface area contributed by atoms with Gasteiger partial charge in [0.15, 0.2) is 0 Å². The van der Waals surface area contributed by atoms with E-state index < -0.39 is 17.6 Å². The van der Waals surface area contributed by atoms with Crippen LogP contribution in [0.2, 0.25) is 0 Å². The smallest absolute Gasteiger partial charge is 0.326 e. The molecule has 0 radical (unpaired) electrons. The number of anilines is 2. The molecule has 0 atom stereocenters. The summed E-state index contributed by atoms with van der Waals surface area (Å²) in [7, 11) is 0. The van der Waals surface area contributed by atoms with Gasteiger partial charge in [-0.1, -0.05) is 24.8 Å². The second kappa shape index (κ2) is 7.86. The lowest BCUT2D eigenvalue weighted by molar-refractivity contribution is -0.138. The van der Waals surface area contributed by atoms with Crippen LogP contribution in [0.15, 0.2) is 55.1 Å². The van der Waals surface area contributed by atoms with Crippen molar-refractivity contribution in [3.05, 3.63) is 71.8 Å². The standard InChI is InChI=1S/C19H17F3N2O2/c1-3-17(25)23-14-7-4-6-13(10-14)11-18(26)24-16-9-5-8-15(12(16)2)19(20,21)22/h3-10H,1,11H2,2H3,(H,23,25)(H,24,26). The van der Waals surface area contributed by atoms with Crippen molar-refractivity contribution < 1.29 is 22.8 Å². The fourth-order valence-electron chi connectivity index (χ4n) is 2.41. The number of rotatable bonds is 5. The largest absolute Gasteiger partial charge is 0.416 e. The summed E-state index contributed by atoms with van der Waals surface area (Å²) in [5.74, 6) is -0.842. The molecule has 0 spiro atoms. The van der Waals surface area contributed by atoms with Crippen molar-refractivity contribution in [3.8, 4) is 0 Å². The molecular formula is C19H17F3N2O2. The molecule has 0 saturated heterocycles. The first-order valence-corrected chi connectivity index (χ1v) is 7.69. The molecule has 2 aromatic rings. The lowest BCUT2D eigenvalue weighted by Crippen LogP contribution is -2.17. The molecule has 26 heavy (non-hydrogen) atoms. The van der Waals surface area contributed by atoms with Gasteiger partial charge in [-0.25, -0.2) is 0 Å². The van der Waals surface area contributed by atoms with Gasteiger partial charge in [0.2, 0.25) is 11.8 Å². The Hall–Kier alpha value is -3.09. The van der Waals surface area contributed by atoms with Gasteiger partial charge in [0.05, 0.1) is 12.0 Å². The van der Waals surface area contributed by atoms with Crippen LogP contribution in [0, 0.1) is 6.92 Å². The van der Waals surface area contributed by atoms with Gasteiger partial charge in [-0.15, -0.1) is 0 Å². The van der Waals surface area contributed by atoms with Crippen LogP contribution in [0.25, 0.3) is 0 Å². The van der Waals surface area contributed by atoms with Crippen LogP contribution in [-0.4, -0.2) is 11.8 Å². The third kappa shape index (κ3) is 4.95. The zero-order valence-electron chi connectivity index (χ0n) is 14.0. The minimum absolute atomic E-state index is 0.0413. The summed E-state index contributed by atoms with van der Waals surface area (Å²) in [5, 5.41) is 5.07. The first-order valence-electron chi connectivity index (χ1n) is 7.69. The van der Waals surface area contributed by atoms with E-state index >= 15 is 0 Å². The molecule has 0 aliphatic heterocycles. The summed E-state index contributed by atoms with van der Waals surface area (Å²) in [6.45, 7) is 4.66. The summed E-state index contributed by atoms with van der Waals surface area (Å²) in [5.41, 5.74) is 0.384. The van der Waals surface area contributed by atoms with Crippen molar-refractivity contribution in [2.45, 2.75) is 19.5 Å². The summed E-state index contributed by atoms with van der Waals surface area (Å²) >= 11 is 0. The molecule has 2 rings (SSSR count). The van der Waals surface area contributed by atoms with E-state index in [4.69, 9.17) is 0 Å². The Balaban J connectivity index is 2.11. The van der Waals surface area contributed by atoms with Gasteiger partial charge >= 0.3 is 6.18 Å². The molecule has 0 aliphatic carbocycles. The molecular weight excluding hydrogens is 345 g/mol. The van der Waals surface area contributed by atoms with Gasteiger partial charge in [-0.05, 0) is 48.4 Å². The SMILES string of the molecule is C=CC(=O)Nc1cccc(CC(=O)Nc2cccc(C(F)(F)F)c2C)c1. The van der Waals surface area contributed by atoms with E-state index in [0.29, 0.717) is 11.3 Å². The number of benzene rings is 2.